The molecule has 0 radical (unpaired) electrons. The lowest BCUT2D eigenvalue weighted by Gasteiger charge is -2.35. The number of piperazine rings is 1. The molecule has 3 rings (SSSR count). The Hall–Kier alpha value is -2.60. The summed E-state index contributed by atoms with van der Waals surface area (Å²) in [6, 6.07) is 7.47. The van der Waals surface area contributed by atoms with Crippen molar-refractivity contribution in [3.8, 4) is 5.75 Å². The van der Waals surface area contributed by atoms with E-state index in [0.29, 0.717) is 23.8 Å². The minimum Gasteiger partial charge on any atom is -0.493 e. The van der Waals surface area contributed by atoms with Crippen LogP contribution in [0.4, 0.5) is 0 Å². The second-order valence-electron chi connectivity index (χ2n) is 7.88. The minimum atomic E-state index is -0.251. The predicted octanol–water partition coefficient (Wildman–Crippen LogP) is 2.62. The van der Waals surface area contributed by atoms with Crippen molar-refractivity contribution in [2.75, 3.05) is 45.9 Å². The number of rotatable bonds is 8. The van der Waals surface area contributed by atoms with Gasteiger partial charge in [0.15, 0.2) is 0 Å². The highest BCUT2D eigenvalue weighted by Crippen LogP contribution is 2.33. The number of hydrogen-bond donors (Lipinski definition) is 0. The molecule has 1 fully saturated rings. The number of likely N-dealkylation sites (N-methyl/N-ethyl adjacent to an activating group) is 1. The van der Waals surface area contributed by atoms with Crippen LogP contribution in [-0.4, -0.2) is 72.4 Å². The van der Waals surface area contributed by atoms with Crippen LogP contribution >= 0.6 is 0 Å². The maximum absolute atomic E-state index is 13.1. The molecule has 0 bridgehead atoms. The summed E-state index contributed by atoms with van der Waals surface area (Å²) < 4.78 is 5.75. The van der Waals surface area contributed by atoms with Crippen molar-refractivity contribution in [1.82, 2.24) is 14.7 Å². The number of benzene rings is 1. The van der Waals surface area contributed by atoms with Crippen LogP contribution in [0.1, 0.15) is 26.3 Å². The number of amides is 2. The molecule has 0 aromatic heterocycles. The van der Waals surface area contributed by atoms with Gasteiger partial charge in [-0.2, -0.15) is 0 Å². The number of hydrogen-bond acceptors (Lipinski definition) is 5. The summed E-state index contributed by atoms with van der Waals surface area (Å²) in [5, 5.41) is 0. The summed E-state index contributed by atoms with van der Waals surface area (Å²) in [5.74, 6) is 0.724. The number of carbonyl (C=O) groups excluding carboxylic acids is 2. The molecule has 0 atom stereocenters. The predicted molar refractivity (Wildman–Crippen MR) is 114 cm³/mol. The van der Waals surface area contributed by atoms with Crippen LogP contribution in [-0.2, 0) is 9.59 Å². The van der Waals surface area contributed by atoms with Crippen molar-refractivity contribution in [1.29, 1.82) is 0 Å². The van der Waals surface area contributed by atoms with E-state index in [0.717, 1.165) is 44.0 Å². The summed E-state index contributed by atoms with van der Waals surface area (Å²) in [6.07, 6.45) is 1.59. The molecule has 6 nitrogen and oxygen atoms in total. The summed E-state index contributed by atoms with van der Waals surface area (Å²) in [6.45, 7) is 15.1. The van der Waals surface area contributed by atoms with E-state index in [1.165, 1.54) is 4.90 Å². The molecule has 1 saturated heterocycles. The quantitative estimate of drug-likeness (QED) is 0.499. The molecule has 2 heterocycles. The zero-order valence-corrected chi connectivity index (χ0v) is 17.7. The second kappa shape index (κ2) is 9.27. The van der Waals surface area contributed by atoms with Gasteiger partial charge in [0.2, 0.25) is 0 Å². The largest absolute Gasteiger partial charge is 0.493 e. The second-order valence-corrected chi connectivity index (χ2v) is 7.88. The summed E-state index contributed by atoms with van der Waals surface area (Å²) in [7, 11) is 0. The lowest BCUT2D eigenvalue weighted by molar-refractivity contribution is -0.137. The third-order valence-electron chi connectivity index (χ3n) is 5.32. The highest BCUT2D eigenvalue weighted by molar-refractivity contribution is 6.35. The Kier molecular flexibility index (Phi) is 6.75. The highest BCUT2D eigenvalue weighted by Gasteiger charge is 2.41. The van der Waals surface area contributed by atoms with Gasteiger partial charge in [0.25, 0.3) is 11.8 Å². The molecule has 2 aliphatic heterocycles. The Morgan fingerprint density at radius 1 is 1.07 bits per heavy atom. The van der Waals surface area contributed by atoms with Gasteiger partial charge in [-0.1, -0.05) is 39.0 Å². The number of carbonyl (C=O) groups is 2. The smallest absolute Gasteiger partial charge is 0.278 e. The van der Waals surface area contributed by atoms with Crippen LogP contribution in [0.2, 0.25) is 0 Å². The van der Waals surface area contributed by atoms with Crippen LogP contribution in [0.25, 0.3) is 5.57 Å². The molecule has 0 saturated carbocycles. The van der Waals surface area contributed by atoms with E-state index in [1.807, 2.05) is 24.3 Å². The normalized spacial score (nSPS) is 18.2. The van der Waals surface area contributed by atoms with Gasteiger partial charge in [0, 0.05) is 32.7 Å². The fraction of sp³-hybridized carbons (Fsp3) is 0.478. The number of nitrogens with zero attached hydrogens (tertiary/aromatic N) is 3. The third kappa shape index (κ3) is 4.53. The van der Waals surface area contributed by atoms with Crippen molar-refractivity contribution in [2.45, 2.75) is 20.8 Å². The van der Waals surface area contributed by atoms with Crippen molar-refractivity contribution >= 4 is 17.4 Å². The molecule has 0 N–H and O–H groups in total. The topological polar surface area (TPSA) is 53.1 Å². The molecular weight excluding hydrogens is 366 g/mol. The van der Waals surface area contributed by atoms with Crippen molar-refractivity contribution in [3.63, 3.8) is 0 Å². The van der Waals surface area contributed by atoms with Gasteiger partial charge in [0.05, 0.1) is 12.2 Å². The summed E-state index contributed by atoms with van der Waals surface area (Å²) in [5.41, 5.74) is 1.75. The SMILES string of the molecule is C=CCN1C(=O)C(c2ccc(OCC(C)C)cc2)=C(N2CCN(CC)CC2)C1=O. The molecule has 2 aliphatic rings. The molecule has 0 spiro atoms. The van der Waals surface area contributed by atoms with Gasteiger partial charge >= 0.3 is 0 Å². The fourth-order valence-corrected chi connectivity index (χ4v) is 3.68. The van der Waals surface area contributed by atoms with Gasteiger partial charge in [-0.25, -0.2) is 0 Å². The van der Waals surface area contributed by atoms with E-state index < -0.39 is 0 Å². The maximum Gasteiger partial charge on any atom is 0.278 e. The molecule has 1 aromatic carbocycles. The molecule has 1 aromatic rings. The Morgan fingerprint density at radius 3 is 2.28 bits per heavy atom. The Morgan fingerprint density at radius 2 is 1.72 bits per heavy atom. The van der Waals surface area contributed by atoms with Crippen LogP contribution in [0.5, 0.6) is 5.75 Å². The van der Waals surface area contributed by atoms with Crippen LogP contribution < -0.4 is 4.74 Å². The summed E-state index contributed by atoms with van der Waals surface area (Å²) in [4.78, 5) is 31.9. The van der Waals surface area contributed by atoms with Crippen LogP contribution in [0.15, 0.2) is 42.6 Å². The monoisotopic (exact) mass is 397 g/mol. The van der Waals surface area contributed by atoms with Gasteiger partial charge < -0.3 is 14.5 Å². The van der Waals surface area contributed by atoms with Crippen molar-refractivity contribution in [3.05, 3.63) is 48.2 Å². The average Bonchev–Trinajstić information content (AvgIpc) is 2.97. The van der Waals surface area contributed by atoms with E-state index in [1.54, 1.807) is 6.08 Å². The van der Waals surface area contributed by atoms with E-state index >= 15 is 0 Å². The zero-order valence-electron chi connectivity index (χ0n) is 17.7. The van der Waals surface area contributed by atoms with E-state index in [4.69, 9.17) is 4.74 Å². The standard InChI is InChI=1S/C23H31N3O3/c1-5-11-26-22(27)20(18-7-9-19(10-8-18)29-16-17(3)4)21(23(26)28)25-14-12-24(6-2)13-15-25/h5,7-10,17H,1,6,11-16H2,2-4H3. The molecule has 2 amide bonds. The Labute approximate surface area is 173 Å². The van der Waals surface area contributed by atoms with Gasteiger partial charge in [0.1, 0.15) is 11.4 Å². The van der Waals surface area contributed by atoms with Crippen LogP contribution in [0.3, 0.4) is 0 Å². The van der Waals surface area contributed by atoms with Crippen molar-refractivity contribution < 1.29 is 14.3 Å². The third-order valence-corrected chi connectivity index (χ3v) is 5.32. The summed E-state index contributed by atoms with van der Waals surface area (Å²) >= 11 is 0. The first kappa shape index (κ1) is 21.1. The number of ether oxygens (including phenoxy) is 1. The van der Waals surface area contributed by atoms with E-state index in [2.05, 4.69) is 37.1 Å². The molecular formula is C23H31N3O3. The molecule has 6 heteroatoms. The Bertz CT molecular complexity index is 790. The molecule has 156 valence electrons. The maximum atomic E-state index is 13.1. The average molecular weight is 398 g/mol. The first-order valence-corrected chi connectivity index (χ1v) is 10.4. The lowest BCUT2D eigenvalue weighted by Crippen LogP contribution is -2.47. The first-order valence-electron chi connectivity index (χ1n) is 10.4. The van der Waals surface area contributed by atoms with E-state index in [-0.39, 0.29) is 18.4 Å². The zero-order chi connectivity index (χ0) is 21.0. The first-order chi connectivity index (χ1) is 14.0. The highest BCUT2D eigenvalue weighted by atomic mass is 16.5. The molecule has 0 aliphatic carbocycles. The van der Waals surface area contributed by atoms with Gasteiger partial charge in [-0.15, -0.1) is 6.58 Å². The van der Waals surface area contributed by atoms with Crippen molar-refractivity contribution in [2.24, 2.45) is 5.92 Å². The fourth-order valence-electron chi connectivity index (χ4n) is 3.68. The lowest BCUT2D eigenvalue weighted by atomic mass is 10.0. The molecule has 0 unspecified atom stereocenters. The van der Waals surface area contributed by atoms with Gasteiger partial charge in [-0.05, 0) is 30.2 Å². The minimum absolute atomic E-state index is 0.217. The van der Waals surface area contributed by atoms with Crippen LogP contribution in [0, 0.1) is 5.92 Å². The van der Waals surface area contributed by atoms with Gasteiger partial charge in [-0.3, -0.25) is 14.5 Å². The Balaban J connectivity index is 1.91. The number of imide groups is 1. The van der Waals surface area contributed by atoms with E-state index in [9.17, 15) is 9.59 Å². The molecule has 29 heavy (non-hydrogen) atoms.